The van der Waals surface area contributed by atoms with Gasteiger partial charge < -0.3 is 14.8 Å². The molecule has 1 N–H and O–H groups in total. The van der Waals surface area contributed by atoms with Crippen LogP contribution in [0.5, 0.6) is 0 Å². The Hall–Kier alpha value is -0.980. The summed E-state index contributed by atoms with van der Waals surface area (Å²) in [5.41, 5.74) is 1.07. The van der Waals surface area contributed by atoms with Crippen LogP contribution in [-0.4, -0.2) is 41.0 Å². The van der Waals surface area contributed by atoms with Gasteiger partial charge in [0.1, 0.15) is 0 Å². The lowest BCUT2D eigenvalue weighted by molar-refractivity contribution is -0.0534. The van der Waals surface area contributed by atoms with Crippen molar-refractivity contribution in [1.29, 1.82) is 0 Å². The molecule has 1 aliphatic rings. The molecular formula is C11H20N4O2. The number of nitrogens with zero attached hydrogens (tertiary/aromatic N) is 3. The zero-order chi connectivity index (χ0) is 12.1. The van der Waals surface area contributed by atoms with Gasteiger partial charge in [-0.25, -0.2) is 0 Å². The van der Waals surface area contributed by atoms with E-state index in [1.807, 2.05) is 7.05 Å². The predicted molar refractivity (Wildman–Crippen MR) is 62.3 cm³/mol. The largest absolute Gasteiger partial charge is 0.350 e. The first kappa shape index (κ1) is 12.5. The number of ether oxygens (including phenoxy) is 2. The number of aromatic nitrogens is 3. The lowest BCUT2D eigenvalue weighted by atomic mass is 10.1. The Bertz CT molecular complexity index is 336. The second-order valence-electron chi connectivity index (χ2n) is 4.20. The van der Waals surface area contributed by atoms with Crippen molar-refractivity contribution in [2.45, 2.75) is 32.1 Å². The van der Waals surface area contributed by atoms with Crippen LogP contribution in [0.4, 0.5) is 0 Å². The van der Waals surface area contributed by atoms with Crippen molar-refractivity contribution in [3.05, 3.63) is 11.9 Å². The Kier molecular flexibility index (Phi) is 4.47. The van der Waals surface area contributed by atoms with Crippen LogP contribution in [0, 0.1) is 0 Å². The lowest BCUT2D eigenvalue weighted by Crippen LogP contribution is -2.28. The fourth-order valence-corrected chi connectivity index (χ4v) is 1.98. The first-order chi connectivity index (χ1) is 8.31. The number of rotatable bonds is 6. The van der Waals surface area contributed by atoms with Crippen molar-refractivity contribution >= 4 is 0 Å². The summed E-state index contributed by atoms with van der Waals surface area (Å²) in [4.78, 5) is 0. The molecule has 0 bridgehead atoms. The molecule has 6 heteroatoms. The van der Waals surface area contributed by atoms with Gasteiger partial charge in [-0.15, -0.1) is 5.10 Å². The highest BCUT2D eigenvalue weighted by Gasteiger charge is 2.24. The SMILES string of the molecule is CCCNC(CC1OCCO1)c1cnnn1C. The van der Waals surface area contributed by atoms with Crippen LogP contribution in [0.3, 0.4) is 0 Å². The van der Waals surface area contributed by atoms with Crippen LogP contribution < -0.4 is 5.32 Å². The Morgan fingerprint density at radius 2 is 2.29 bits per heavy atom. The quantitative estimate of drug-likeness (QED) is 0.789. The van der Waals surface area contributed by atoms with Crippen LogP contribution >= 0.6 is 0 Å². The second kappa shape index (κ2) is 6.09. The summed E-state index contributed by atoms with van der Waals surface area (Å²) >= 11 is 0. The van der Waals surface area contributed by atoms with Crippen LogP contribution in [0.2, 0.25) is 0 Å². The molecule has 1 saturated heterocycles. The molecule has 1 unspecified atom stereocenters. The maximum Gasteiger partial charge on any atom is 0.159 e. The molecule has 0 saturated carbocycles. The molecule has 2 rings (SSSR count). The Labute approximate surface area is 101 Å². The fraction of sp³-hybridized carbons (Fsp3) is 0.818. The van der Waals surface area contributed by atoms with Gasteiger partial charge in [-0.1, -0.05) is 12.1 Å². The lowest BCUT2D eigenvalue weighted by Gasteiger charge is -2.20. The smallest absolute Gasteiger partial charge is 0.159 e. The number of hydrogen-bond donors (Lipinski definition) is 1. The molecule has 0 spiro atoms. The average molecular weight is 240 g/mol. The van der Waals surface area contributed by atoms with Gasteiger partial charge in [0.25, 0.3) is 0 Å². The monoisotopic (exact) mass is 240 g/mol. The summed E-state index contributed by atoms with van der Waals surface area (Å²) < 4.78 is 12.8. The van der Waals surface area contributed by atoms with E-state index in [1.165, 1.54) is 0 Å². The summed E-state index contributed by atoms with van der Waals surface area (Å²) in [5, 5.41) is 11.4. The third-order valence-electron chi connectivity index (χ3n) is 2.87. The van der Waals surface area contributed by atoms with E-state index in [9.17, 15) is 0 Å². The maximum absolute atomic E-state index is 5.49. The minimum atomic E-state index is -0.112. The number of nitrogens with one attached hydrogen (secondary N) is 1. The molecule has 1 aromatic rings. The molecule has 2 heterocycles. The van der Waals surface area contributed by atoms with Crippen molar-refractivity contribution in [2.24, 2.45) is 7.05 Å². The van der Waals surface area contributed by atoms with Gasteiger partial charge in [0.15, 0.2) is 6.29 Å². The molecule has 1 fully saturated rings. The number of hydrogen-bond acceptors (Lipinski definition) is 5. The van der Waals surface area contributed by atoms with E-state index in [-0.39, 0.29) is 12.3 Å². The van der Waals surface area contributed by atoms with Gasteiger partial charge in [0, 0.05) is 13.5 Å². The van der Waals surface area contributed by atoms with Crippen LogP contribution in [0.25, 0.3) is 0 Å². The summed E-state index contributed by atoms with van der Waals surface area (Å²) in [6, 6.07) is 0.179. The van der Waals surface area contributed by atoms with E-state index in [1.54, 1.807) is 10.9 Å². The molecule has 6 nitrogen and oxygen atoms in total. The first-order valence-corrected chi connectivity index (χ1v) is 6.12. The van der Waals surface area contributed by atoms with E-state index in [2.05, 4.69) is 22.6 Å². The van der Waals surface area contributed by atoms with Gasteiger partial charge in [0.05, 0.1) is 31.1 Å². The van der Waals surface area contributed by atoms with Gasteiger partial charge in [-0.3, -0.25) is 4.68 Å². The highest BCUT2D eigenvalue weighted by atomic mass is 16.7. The van der Waals surface area contributed by atoms with Crippen molar-refractivity contribution in [3.8, 4) is 0 Å². The van der Waals surface area contributed by atoms with E-state index in [0.717, 1.165) is 25.1 Å². The zero-order valence-corrected chi connectivity index (χ0v) is 10.4. The Balaban J connectivity index is 1.99. The highest BCUT2D eigenvalue weighted by Crippen LogP contribution is 2.21. The molecule has 0 aromatic carbocycles. The first-order valence-electron chi connectivity index (χ1n) is 6.12. The minimum absolute atomic E-state index is 0.112. The third kappa shape index (κ3) is 3.24. The van der Waals surface area contributed by atoms with E-state index in [4.69, 9.17) is 9.47 Å². The van der Waals surface area contributed by atoms with Crippen LogP contribution in [0.15, 0.2) is 6.20 Å². The van der Waals surface area contributed by atoms with E-state index >= 15 is 0 Å². The summed E-state index contributed by atoms with van der Waals surface area (Å²) in [7, 11) is 1.90. The summed E-state index contributed by atoms with van der Waals surface area (Å²) in [5.74, 6) is 0. The average Bonchev–Trinajstić information content (AvgIpc) is 2.95. The molecule has 1 atom stereocenters. The molecule has 1 aliphatic heterocycles. The fourth-order valence-electron chi connectivity index (χ4n) is 1.98. The predicted octanol–water partition coefficient (Wildman–Crippen LogP) is 0.619. The molecule has 0 radical (unpaired) electrons. The Morgan fingerprint density at radius 3 is 2.88 bits per heavy atom. The van der Waals surface area contributed by atoms with Crippen molar-refractivity contribution in [2.75, 3.05) is 19.8 Å². The van der Waals surface area contributed by atoms with Gasteiger partial charge in [0.2, 0.25) is 0 Å². The highest BCUT2D eigenvalue weighted by molar-refractivity contribution is 5.02. The van der Waals surface area contributed by atoms with Gasteiger partial charge in [-0.2, -0.15) is 0 Å². The minimum Gasteiger partial charge on any atom is -0.350 e. The molecule has 1 aromatic heterocycles. The topological polar surface area (TPSA) is 61.2 Å². The Morgan fingerprint density at radius 1 is 1.53 bits per heavy atom. The van der Waals surface area contributed by atoms with Crippen molar-refractivity contribution < 1.29 is 9.47 Å². The van der Waals surface area contributed by atoms with Gasteiger partial charge >= 0.3 is 0 Å². The standard InChI is InChI=1S/C11H20N4O2/c1-3-4-12-9(7-11-16-5-6-17-11)10-8-13-14-15(10)2/h8-9,11-12H,3-7H2,1-2H3. The van der Waals surface area contributed by atoms with Crippen LogP contribution in [-0.2, 0) is 16.5 Å². The zero-order valence-electron chi connectivity index (χ0n) is 10.4. The third-order valence-corrected chi connectivity index (χ3v) is 2.87. The summed E-state index contributed by atoms with van der Waals surface area (Å²) in [6.07, 6.45) is 3.57. The molecule has 96 valence electrons. The van der Waals surface area contributed by atoms with Crippen LogP contribution in [0.1, 0.15) is 31.5 Å². The van der Waals surface area contributed by atoms with Crippen molar-refractivity contribution in [3.63, 3.8) is 0 Å². The van der Waals surface area contributed by atoms with E-state index < -0.39 is 0 Å². The molecule has 0 aliphatic carbocycles. The summed E-state index contributed by atoms with van der Waals surface area (Å²) in [6.45, 7) is 4.49. The van der Waals surface area contributed by atoms with E-state index in [0.29, 0.717) is 13.2 Å². The molecule has 0 amide bonds. The molecular weight excluding hydrogens is 220 g/mol. The second-order valence-corrected chi connectivity index (χ2v) is 4.20. The van der Waals surface area contributed by atoms with Gasteiger partial charge in [-0.05, 0) is 13.0 Å². The normalized spacial score (nSPS) is 18.7. The maximum atomic E-state index is 5.49. The molecule has 17 heavy (non-hydrogen) atoms. The number of aryl methyl sites for hydroxylation is 1. The van der Waals surface area contributed by atoms with Crippen molar-refractivity contribution in [1.82, 2.24) is 20.3 Å².